The lowest BCUT2D eigenvalue weighted by Crippen LogP contribution is -2.40. The smallest absolute Gasteiger partial charge is 0.407 e. The Morgan fingerprint density at radius 3 is 2.80 bits per heavy atom. The van der Waals surface area contributed by atoms with Crippen LogP contribution in [0.2, 0.25) is 0 Å². The maximum atomic E-state index is 12.0. The molecule has 1 aliphatic heterocycles. The van der Waals surface area contributed by atoms with Crippen LogP contribution in [0.25, 0.3) is 0 Å². The number of rotatable bonds is 2. The topological polar surface area (TPSA) is 65.4 Å². The molecule has 5 nitrogen and oxygen atoms in total. The average molecular weight is 362 g/mol. The number of nitriles is 1. The molecule has 3 rings (SSSR count). The highest BCUT2D eigenvalue weighted by Gasteiger charge is 2.30. The van der Waals surface area contributed by atoms with Gasteiger partial charge in [0.2, 0.25) is 0 Å². The summed E-state index contributed by atoms with van der Waals surface area (Å²) >= 11 is 1.79. The average Bonchev–Trinajstić information content (AvgIpc) is 3.03. The second kappa shape index (κ2) is 7.25. The molecule has 6 heteroatoms. The molecule has 1 aromatic heterocycles. The number of hydrogen-bond donors (Lipinski definition) is 1. The molecule has 136 valence electrons. The molecule has 1 aromatic rings. The highest BCUT2D eigenvalue weighted by molar-refractivity contribution is 7.16. The van der Waals surface area contributed by atoms with E-state index in [1.54, 1.807) is 11.3 Å². The first-order chi connectivity index (χ1) is 11.9. The third-order valence-electron chi connectivity index (χ3n) is 4.71. The molecule has 25 heavy (non-hydrogen) atoms. The van der Waals surface area contributed by atoms with Crippen molar-refractivity contribution in [1.29, 1.82) is 5.26 Å². The van der Waals surface area contributed by atoms with E-state index < -0.39 is 5.60 Å². The molecular formula is C19H27N3O2S. The lowest BCUT2D eigenvalue weighted by molar-refractivity contribution is 0.0509. The number of alkyl carbamates (subject to hydrolysis) is 1. The second-order valence-corrected chi connectivity index (χ2v) is 9.02. The Morgan fingerprint density at radius 1 is 1.32 bits per heavy atom. The maximum absolute atomic E-state index is 12.0. The molecule has 1 atom stereocenters. The fourth-order valence-electron chi connectivity index (χ4n) is 3.60. The van der Waals surface area contributed by atoms with Gasteiger partial charge >= 0.3 is 6.09 Å². The molecule has 2 heterocycles. The van der Waals surface area contributed by atoms with Gasteiger partial charge in [-0.15, -0.1) is 11.3 Å². The summed E-state index contributed by atoms with van der Waals surface area (Å²) in [6.07, 6.45) is 6.31. The van der Waals surface area contributed by atoms with E-state index in [1.807, 2.05) is 20.8 Å². The summed E-state index contributed by atoms with van der Waals surface area (Å²) in [5, 5.41) is 13.8. The minimum Gasteiger partial charge on any atom is -0.444 e. The quantitative estimate of drug-likeness (QED) is 0.809. The fourth-order valence-corrected chi connectivity index (χ4v) is 4.98. The maximum Gasteiger partial charge on any atom is 0.407 e. The van der Waals surface area contributed by atoms with Crippen molar-refractivity contribution in [2.75, 3.05) is 18.0 Å². The van der Waals surface area contributed by atoms with Crippen LogP contribution < -0.4 is 10.2 Å². The number of amides is 1. The van der Waals surface area contributed by atoms with E-state index in [1.165, 1.54) is 29.7 Å². The van der Waals surface area contributed by atoms with Gasteiger partial charge in [0.1, 0.15) is 16.7 Å². The van der Waals surface area contributed by atoms with Crippen LogP contribution in [-0.2, 0) is 17.6 Å². The molecule has 2 aliphatic rings. The summed E-state index contributed by atoms with van der Waals surface area (Å²) in [7, 11) is 0. The van der Waals surface area contributed by atoms with Gasteiger partial charge in [0.05, 0.1) is 11.6 Å². The Labute approximate surface area is 154 Å². The standard InChI is InChI=1S/C19H27N3O2S/c1-19(2,3)24-18(23)21-13-9-10-22(12-13)17-15(11-20)14-7-5-4-6-8-16(14)25-17/h13H,4-10,12H2,1-3H3,(H,21,23)/t13-/m0/s1. The molecule has 0 aromatic carbocycles. The number of thiophene rings is 1. The van der Waals surface area contributed by atoms with E-state index in [0.29, 0.717) is 0 Å². The number of fused-ring (bicyclic) bond motifs is 1. The number of carbonyl (C=O) groups excluding carboxylic acids is 1. The van der Waals surface area contributed by atoms with Crippen molar-refractivity contribution in [3.63, 3.8) is 0 Å². The number of nitrogens with zero attached hydrogens (tertiary/aromatic N) is 2. The van der Waals surface area contributed by atoms with E-state index >= 15 is 0 Å². The minimum atomic E-state index is -0.484. The van der Waals surface area contributed by atoms with Crippen LogP contribution in [-0.4, -0.2) is 30.8 Å². The Hall–Kier alpha value is -1.74. The molecule has 1 N–H and O–H groups in total. The van der Waals surface area contributed by atoms with E-state index in [9.17, 15) is 10.1 Å². The van der Waals surface area contributed by atoms with Gasteiger partial charge in [0.25, 0.3) is 0 Å². The van der Waals surface area contributed by atoms with Crippen molar-refractivity contribution in [3.8, 4) is 6.07 Å². The summed E-state index contributed by atoms with van der Waals surface area (Å²) in [4.78, 5) is 15.6. The second-order valence-electron chi connectivity index (χ2n) is 7.93. The fraction of sp³-hybridized carbons (Fsp3) is 0.684. The Balaban J connectivity index is 1.68. The van der Waals surface area contributed by atoms with Gasteiger partial charge in [-0.25, -0.2) is 4.79 Å². The predicted octanol–water partition coefficient (Wildman–Crippen LogP) is 3.99. The molecule has 0 spiro atoms. The van der Waals surface area contributed by atoms with Crippen molar-refractivity contribution >= 4 is 22.4 Å². The predicted molar refractivity (Wildman–Crippen MR) is 100 cm³/mol. The highest BCUT2D eigenvalue weighted by atomic mass is 32.1. The number of carbonyl (C=O) groups is 1. The molecular weight excluding hydrogens is 334 g/mol. The molecule has 1 fully saturated rings. The van der Waals surface area contributed by atoms with Crippen molar-refractivity contribution in [2.45, 2.75) is 70.9 Å². The van der Waals surface area contributed by atoms with Gasteiger partial charge in [0, 0.05) is 18.0 Å². The van der Waals surface area contributed by atoms with Gasteiger partial charge < -0.3 is 15.0 Å². The van der Waals surface area contributed by atoms with Crippen LogP contribution in [0.3, 0.4) is 0 Å². The SMILES string of the molecule is CC(C)(C)OC(=O)N[C@H]1CCN(c2sc3c(c2C#N)CCCCC3)C1. The number of anilines is 1. The summed E-state index contributed by atoms with van der Waals surface area (Å²) in [5.74, 6) is 0. The third-order valence-corrected chi connectivity index (χ3v) is 6.06. The van der Waals surface area contributed by atoms with E-state index in [-0.39, 0.29) is 12.1 Å². The molecule has 0 radical (unpaired) electrons. The van der Waals surface area contributed by atoms with Crippen molar-refractivity contribution in [3.05, 3.63) is 16.0 Å². The molecule has 0 saturated carbocycles. The molecule has 0 bridgehead atoms. The number of nitrogens with one attached hydrogen (secondary N) is 1. The summed E-state index contributed by atoms with van der Waals surface area (Å²) in [6.45, 7) is 7.21. The zero-order valence-electron chi connectivity index (χ0n) is 15.4. The van der Waals surface area contributed by atoms with E-state index in [4.69, 9.17) is 4.74 Å². The van der Waals surface area contributed by atoms with Crippen LogP contribution in [0.1, 0.15) is 62.5 Å². The Morgan fingerprint density at radius 2 is 2.08 bits per heavy atom. The van der Waals surface area contributed by atoms with Crippen molar-refractivity contribution in [1.82, 2.24) is 5.32 Å². The zero-order chi connectivity index (χ0) is 18.0. The van der Waals surface area contributed by atoms with Gasteiger partial charge in [-0.05, 0) is 58.4 Å². The van der Waals surface area contributed by atoms with E-state index in [2.05, 4.69) is 16.3 Å². The highest BCUT2D eigenvalue weighted by Crippen LogP contribution is 2.40. The molecule has 0 unspecified atom stereocenters. The first-order valence-electron chi connectivity index (χ1n) is 9.16. The first-order valence-corrected chi connectivity index (χ1v) is 9.98. The van der Waals surface area contributed by atoms with Crippen LogP contribution in [0.5, 0.6) is 0 Å². The number of hydrogen-bond acceptors (Lipinski definition) is 5. The molecule has 1 aliphatic carbocycles. The lowest BCUT2D eigenvalue weighted by atomic mass is 10.1. The minimum absolute atomic E-state index is 0.0725. The van der Waals surface area contributed by atoms with Crippen LogP contribution in [0.4, 0.5) is 9.80 Å². The van der Waals surface area contributed by atoms with Crippen LogP contribution in [0.15, 0.2) is 0 Å². The van der Waals surface area contributed by atoms with Crippen molar-refractivity contribution in [2.24, 2.45) is 0 Å². The number of aryl methyl sites for hydroxylation is 1. The Bertz CT molecular complexity index is 684. The Kier molecular flexibility index (Phi) is 5.24. The monoisotopic (exact) mass is 361 g/mol. The zero-order valence-corrected chi connectivity index (χ0v) is 16.2. The lowest BCUT2D eigenvalue weighted by Gasteiger charge is -2.22. The normalized spacial score (nSPS) is 20.6. The third kappa shape index (κ3) is 4.27. The summed E-state index contributed by atoms with van der Waals surface area (Å²) in [5.41, 5.74) is 1.67. The van der Waals surface area contributed by atoms with Gasteiger partial charge in [-0.1, -0.05) is 6.42 Å². The first kappa shape index (κ1) is 18.1. The number of ether oxygens (including phenoxy) is 1. The van der Waals surface area contributed by atoms with E-state index in [0.717, 1.165) is 42.9 Å². The van der Waals surface area contributed by atoms with Gasteiger partial charge in [0.15, 0.2) is 0 Å². The largest absolute Gasteiger partial charge is 0.444 e. The molecule has 1 amide bonds. The summed E-state index contributed by atoms with van der Waals surface area (Å²) in [6, 6.07) is 2.52. The van der Waals surface area contributed by atoms with Crippen LogP contribution >= 0.6 is 11.3 Å². The van der Waals surface area contributed by atoms with Gasteiger partial charge in [-0.3, -0.25) is 0 Å². The molecule has 1 saturated heterocycles. The van der Waals surface area contributed by atoms with Gasteiger partial charge in [-0.2, -0.15) is 5.26 Å². The van der Waals surface area contributed by atoms with Crippen LogP contribution in [0, 0.1) is 11.3 Å². The summed E-state index contributed by atoms with van der Waals surface area (Å²) < 4.78 is 5.35. The van der Waals surface area contributed by atoms with Crippen molar-refractivity contribution < 1.29 is 9.53 Å².